The zero-order chi connectivity index (χ0) is 18.3. The van der Waals surface area contributed by atoms with Gasteiger partial charge >= 0.3 is 0 Å². The van der Waals surface area contributed by atoms with E-state index in [0.29, 0.717) is 29.4 Å². The second-order valence-electron chi connectivity index (χ2n) is 6.87. The summed E-state index contributed by atoms with van der Waals surface area (Å²) in [6.07, 6.45) is 2.99. The summed E-state index contributed by atoms with van der Waals surface area (Å²) in [4.78, 5) is 26.3. The number of benzene rings is 1. The van der Waals surface area contributed by atoms with Crippen LogP contribution in [-0.2, 0) is 16.1 Å². The normalized spacial score (nSPS) is 16.7. The molecule has 0 spiro atoms. The highest BCUT2D eigenvalue weighted by atomic mass is 16.5. The van der Waals surface area contributed by atoms with E-state index >= 15 is 0 Å². The average Bonchev–Trinajstić information content (AvgIpc) is 2.87. The molecule has 1 N–H and O–H groups in total. The first-order valence-corrected chi connectivity index (χ1v) is 8.83. The number of carbonyl (C=O) groups is 2. The number of nitrogens with zero attached hydrogens (tertiary/aromatic N) is 2. The van der Waals surface area contributed by atoms with Crippen LogP contribution in [0.4, 0.5) is 11.4 Å². The molecule has 0 bridgehead atoms. The first-order chi connectivity index (χ1) is 12.5. The van der Waals surface area contributed by atoms with Crippen LogP contribution in [0.25, 0.3) is 0 Å². The van der Waals surface area contributed by atoms with E-state index in [9.17, 15) is 9.59 Å². The Bertz CT molecular complexity index is 850. The van der Waals surface area contributed by atoms with Crippen molar-refractivity contribution in [2.75, 3.05) is 16.8 Å². The zero-order valence-electron chi connectivity index (χ0n) is 14.9. The van der Waals surface area contributed by atoms with Gasteiger partial charge in [0.15, 0.2) is 6.61 Å². The Hall–Kier alpha value is -2.83. The largest absolute Gasteiger partial charge is 0.482 e. The van der Waals surface area contributed by atoms with Crippen LogP contribution < -0.4 is 15.0 Å². The monoisotopic (exact) mass is 355 g/mol. The molecule has 1 fully saturated rings. The molecule has 26 heavy (non-hydrogen) atoms. The number of nitrogens with one attached hydrogen (secondary N) is 1. The molecule has 1 aromatic heterocycles. The van der Waals surface area contributed by atoms with Crippen molar-refractivity contribution in [2.24, 2.45) is 5.92 Å². The lowest BCUT2D eigenvalue weighted by Crippen LogP contribution is -2.38. The van der Waals surface area contributed by atoms with E-state index in [1.54, 1.807) is 23.1 Å². The van der Waals surface area contributed by atoms with Gasteiger partial charge in [0.2, 0.25) is 5.91 Å². The van der Waals surface area contributed by atoms with E-state index in [1.807, 2.05) is 13.8 Å². The van der Waals surface area contributed by atoms with Crippen molar-refractivity contribution in [3.05, 3.63) is 35.2 Å². The molecule has 4 rings (SSSR count). The maximum atomic E-state index is 12.5. The third kappa shape index (κ3) is 2.94. The molecule has 1 aliphatic carbocycles. The van der Waals surface area contributed by atoms with Gasteiger partial charge in [-0.2, -0.15) is 0 Å². The Kier molecular flexibility index (Phi) is 4.14. The Morgan fingerprint density at radius 1 is 1.35 bits per heavy atom. The summed E-state index contributed by atoms with van der Waals surface area (Å²) in [6.45, 7) is 4.03. The maximum Gasteiger partial charge on any atom is 0.265 e. The quantitative estimate of drug-likeness (QED) is 0.911. The van der Waals surface area contributed by atoms with E-state index in [0.717, 1.165) is 30.5 Å². The Labute approximate surface area is 151 Å². The van der Waals surface area contributed by atoms with Crippen LogP contribution in [0.15, 0.2) is 22.7 Å². The van der Waals surface area contributed by atoms with Crippen LogP contribution in [0.3, 0.4) is 0 Å². The number of aromatic nitrogens is 1. The Morgan fingerprint density at radius 3 is 2.81 bits per heavy atom. The van der Waals surface area contributed by atoms with Crippen molar-refractivity contribution < 1.29 is 18.8 Å². The molecule has 2 heterocycles. The topological polar surface area (TPSA) is 84.7 Å². The molecular formula is C19H21N3O4. The van der Waals surface area contributed by atoms with Gasteiger partial charge in [-0.25, -0.2) is 0 Å². The second-order valence-corrected chi connectivity index (χ2v) is 6.87. The number of hydrogen-bond donors (Lipinski definition) is 1. The summed E-state index contributed by atoms with van der Waals surface area (Å²) in [5, 5.41) is 6.90. The highest BCUT2D eigenvalue weighted by molar-refractivity contribution is 6.00. The third-order valence-corrected chi connectivity index (χ3v) is 5.14. The van der Waals surface area contributed by atoms with E-state index in [-0.39, 0.29) is 24.3 Å². The van der Waals surface area contributed by atoms with E-state index < -0.39 is 0 Å². The summed E-state index contributed by atoms with van der Waals surface area (Å²) < 4.78 is 10.7. The summed E-state index contributed by atoms with van der Waals surface area (Å²) in [7, 11) is 0. The van der Waals surface area contributed by atoms with Gasteiger partial charge in [0.25, 0.3) is 5.91 Å². The number of carbonyl (C=O) groups excluding carboxylic acids is 2. The number of aryl methyl sites for hydroxylation is 2. The Morgan fingerprint density at radius 2 is 2.15 bits per heavy atom. The van der Waals surface area contributed by atoms with Gasteiger partial charge in [-0.05, 0) is 44.9 Å². The standard InChI is InChI=1S/C19H21N3O4/c1-11-15(12(2)26-21-11)9-22-16-8-14(20-19(24)13-4-3-5-13)6-7-17(16)25-10-18(22)23/h6-8,13H,3-5,9-10H2,1-2H3,(H,20,24). The predicted molar refractivity (Wildman–Crippen MR) is 95.1 cm³/mol. The minimum absolute atomic E-state index is 0.00977. The van der Waals surface area contributed by atoms with Gasteiger partial charge in [-0.3, -0.25) is 9.59 Å². The minimum Gasteiger partial charge on any atom is -0.482 e. The fourth-order valence-corrected chi connectivity index (χ4v) is 3.25. The minimum atomic E-state index is -0.139. The van der Waals surface area contributed by atoms with Crippen LogP contribution in [0.2, 0.25) is 0 Å². The molecule has 2 aliphatic rings. The predicted octanol–water partition coefficient (Wildman–Crippen LogP) is 2.96. The second kappa shape index (κ2) is 6.48. The lowest BCUT2D eigenvalue weighted by Gasteiger charge is -2.30. The molecule has 1 aliphatic heterocycles. The zero-order valence-corrected chi connectivity index (χ0v) is 14.9. The van der Waals surface area contributed by atoms with Gasteiger partial charge in [0.05, 0.1) is 17.9 Å². The number of fused-ring (bicyclic) bond motifs is 1. The first kappa shape index (κ1) is 16.6. The molecule has 0 radical (unpaired) electrons. The molecule has 0 atom stereocenters. The first-order valence-electron chi connectivity index (χ1n) is 8.83. The number of ether oxygens (including phenoxy) is 1. The molecule has 2 amide bonds. The van der Waals surface area contributed by atoms with Crippen molar-refractivity contribution >= 4 is 23.2 Å². The number of rotatable bonds is 4. The fraction of sp³-hybridized carbons (Fsp3) is 0.421. The smallest absolute Gasteiger partial charge is 0.265 e. The molecule has 136 valence electrons. The number of hydrogen-bond acceptors (Lipinski definition) is 5. The molecule has 7 nitrogen and oxygen atoms in total. The van der Waals surface area contributed by atoms with Crippen molar-refractivity contribution in [1.82, 2.24) is 5.16 Å². The molecule has 1 saturated carbocycles. The fourth-order valence-electron chi connectivity index (χ4n) is 3.25. The summed E-state index contributed by atoms with van der Waals surface area (Å²) in [5.41, 5.74) is 2.96. The van der Waals surface area contributed by atoms with Crippen LogP contribution in [0.1, 0.15) is 36.3 Å². The van der Waals surface area contributed by atoms with Crippen molar-refractivity contribution in [3.8, 4) is 5.75 Å². The lowest BCUT2D eigenvalue weighted by molar-refractivity contribution is -0.122. The van der Waals surface area contributed by atoms with Gasteiger partial charge in [-0.1, -0.05) is 11.6 Å². The van der Waals surface area contributed by atoms with Gasteiger partial charge < -0.3 is 19.5 Å². The molecule has 1 aromatic carbocycles. The third-order valence-electron chi connectivity index (χ3n) is 5.14. The number of anilines is 2. The van der Waals surface area contributed by atoms with Crippen LogP contribution >= 0.6 is 0 Å². The lowest BCUT2D eigenvalue weighted by atomic mass is 9.85. The van der Waals surface area contributed by atoms with E-state index in [4.69, 9.17) is 9.26 Å². The highest BCUT2D eigenvalue weighted by Crippen LogP contribution is 2.36. The molecule has 0 unspecified atom stereocenters. The molecule has 0 saturated heterocycles. The number of amides is 2. The summed E-state index contributed by atoms with van der Waals surface area (Å²) in [5.74, 6) is 1.31. The van der Waals surface area contributed by atoms with E-state index in [1.165, 1.54) is 0 Å². The maximum absolute atomic E-state index is 12.5. The average molecular weight is 355 g/mol. The van der Waals surface area contributed by atoms with Gasteiger partial charge in [0.1, 0.15) is 11.5 Å². The summed E-state index contributed by atoms with van der Waals surface area (Å²) >= 11 is 0. The van der Waals surface area contributed by atoms with Crippen molar-refractivity contribution in [2.45, 2.75) is 39.7 Å². The molecular weight excluding hydrogens is 334 g/mol. The molecule has 7 heteroatoms. The van der Waals surface area contributed by atoms with Crippen molar-refractivity contribution in [3.63, 3.8) is 0 Å². The Balaban J connectivity index is 1.61. The van der Waals surface area contributed by atoms with Gasteiger partial charge in [0, 0.05) is 17.2 Å². The van der Waals surface area contributed by atoms with Crippen LogP contribution in [-0.4, -0.2) is 23.6 Å². The van der Waals surface area contributed by atoms with E-state index in [2.05, 4.69) is 10.5 Å². The van der Waals surface area contributed by atoms with Crippen LogP contribution in [0.5, 0.6) is 5.75 Å². The highest BCUT2D eigenvalue weighted by Gasteiger charge is 2.29. The SMILES string of the molecule is Cc1noc(C)c1CN1C(=O)COc2ccc(NC(=O)C3CCC3)cc21. The molecule has 2 aromatic rings. The summed E-state index contributed by atoms with van der Waals surface area (Å²) in [6, 6.07) is 5.39. The van der Waals surface area contributed by atoms with Gasteiger partial charge in [-0.15, -0.1) is 0 Å². The van der Waals surface area contributed by atoms with Crippen LogP contribution in [0, 0.1) is 19.8 Å². The van der Waals surface area contributed by atoms with Crippen molar-refractivity contribution in [1.29, 1.82) is 0 Å².